The predicted octanol–water partition coefficient (Wildman–Crippen LogP) is 14.9. The number of carbonyl (C=O) groups is 2. The molecule has 10 rings (SSSR count). The van der Waals surface area contributed by atoms with Gasteiger partial charge in [-0.15, -0.1) is 0 Å². The van der Waals surface area contributed by atoms with Crippen molar-refractivity contribution in [1.82, 2.24) is 19.9 Å². The van der Waals surface area contributed by atoms with Crippen LogP contribution in [0.25, 0.3) is 33.8 Å². The number of ether oxygens (including phenoxy) is 3. The average Bonchev–Trinajstić information content (AvgIpc) is 4.13. The summed E-state index contributed by atoms with van der Waals surface area (Å²) >= 11 is 19.2. The van der Waals surface area contributed by atoms with Gasteiger partial charge in [-0.2, -0.15) is 0 Å². The Labute approximate surface area is 483 Å². The summed E-state index contributed by atoms with van der Waals surface area (Å²) in [6.07, 6.45) is 9.33. The average molecular weight is 1300 g/mol. The molecule has 0 spiro atoms. The first-order valence-corrected chi connectivity index (χ1v) is 27.1. The second kappa shape index (κ2) is 30.4. The van der Waals surface area contributed by atoms with E-state index in [0.29, 0.717) is 24.7 Å². The van der Waals surface area contributed by atoms with Crippen LogP contribution in [0.4, 0.5) is 0 Å². The number of hydrogen-bond acceptors (Lipinski definition) is 12. The fraction of sp³-hybridized carbons (Fsp3) is 0.207. The number of halogens is 5. The van der Waals surface area contributed by atoms with Crippen LogP contribution in [0.3, 0.4) is 0 Å². The molecule has 0 amide bonds. The first-order valence-electron chi connectivity index (χ1n) is 23.5. The number of rotatable bonds is 7. The third kappa shape index (κ3) is 18.0. The lowest BCUT2D eigenvalue weighted by Crippen LogP contribution is -2.17. The van der Waals surface area contributed by atoms with Crippen molar-refractivity contribution in [2.24, 2.45) is 0 Å². The van der Waals surface area contributed by atoms with Crippen LogP contribution < -0.4 is 4.65 Å². The normalized spacial score (nSPS) is 12.2. The zero-order valence-electron chi connectivity index (χ0n) is 42.5. The first-order chi connectivity index (χ1) is 36.4. The molecule has 393 valence electrons. The van der Waals surface area contributed by atoms with E-state index in [0.717, 1.165) is 59.2 Å². The van der Waals surface area contributed by atoms with Gasteiger partial charge >= 0.3 is 19.6 Å². The van der Waals surface area contributed by atoms with Crippen molar-refractivity contribution in [1.29, 1.82) is 0 Å². The molecular weight excluding hydrogens is 1250 g/mol. The molecule has 4 aromatic carbocycles. The fourth-order valence-electron chi connectivity index (χ4n) is 7.50. The number of aromatic nitrogens is 4. The first kappa shape index (κ1) is 61.2. The molecule has 76 heavy (non-hydrogen) atoms. The Morgan fingerprint density at radius 3 is 1.58 bits per heavy atom. The van der Waals surface area contributed by atoms with Gasteiger partial charge in [0, 0.05) is 83.6 Å². The van der Waals surface area contributed by atoms with E-state index in [2.05, 4.69) is 131 Å². The van der Waals surface area contributed by atoms with Crippen LogP contribution >= 0.6 is 75.3 Å². The largest absolute Gasteiger partial charge is 0.569 e. The van der Waals surface area contributed by atoms with Gasteiger partial charge < -0.3 is 29.0 Å². The Bertz CT molecular complexity index is 3120. The van der Waals surface area contributed by atoms with Gasteiger partial charge in [-0.3, -0.25) is 15.0 Å². The van der Waals surface area contributed by atoms with Crippen LogP contribution in [0.2, 0.25) is 5.15 Å². The number of fused-ring (bicyclic) bond motifs is 3. The molecule has 0 bridgehead atoms. The highest BCUT2D eigenvalue weighted by Gasteiger charge is 2.36. The van der Waals surface area contributed by atoms with Gasteiger partial charge in [0.15, 0.2) is 0 Å². The van der Waals surface area contributed by atoms with Crippen LogP contribution in [0.1, 0.15) is 77.9 Å². The summed E-state index contributed by atoms with van der Waals surface area (Å²) < 4.78 is 22.9. The number of nitrogens with zero attached hydrogens (tertiary/aromatic N) is 4. The van der Waals surface area contributed by atoms with Gasteiger partial charge in [-0.25, -0.2) is 14.6 Å². The number of methoxy groups -OCH3 is 2. The lowest BCUT2D eigenvalue weighted by atomic mass is 9.83. The molecule has 5 heterocycles. The number of hydrogen-bond donors (Lipinski definition) is 2. The Balaban J connectivity index is 0.000000174. The van der Waals surface area contributed by atoms with E-state index in [9.17, 15) is 14.7 Å². The van der Waals surface area contributed by atoms with Crippen LogP contribution in [0.15, 0.2) is 182 Å². The number of benzene rings is 4. The van der Waals surface area contributed by atoms with E-state index in [4.69, 9.17) is 26.1 Å². The van der Waals surface area contributed by atoms with E-state index in [1.54, 1.807) is 62.6 Å². The van der Waals surface area contributed by atoms with Gasteiger partial charge in [0.05, 0.1) is 48.0 Å². The zero-order valence-corrected chi connectivity index (χ0v) is 49.6. The van der Waals surface area contributed by atoms with Gasteiger partial charge in [-0.1, -0.05) is 132 Å². The Kier molecular flexibility index (Phi) is 24.5. The minimum atomic E-state index is -0.892. The lowest BCUT2D eigenvalue weighted by molar-refractivity contribution is 0.0592. The molecule has 1 aliphatic carbocycles. The van der Waals surface area contributed by atoms with E-state index in [-0.39, 0.29) is 22.1 Å². The maximum atomic E-state index is 11.6. The van der Waals surface area contributed by atoms with E-state index >= 15 is 0 Å². The van der Waals surface area contributed by atoms with Crippen molar-refractivity contribution in [3.05, 3.63) is 215 Å². The monoisotopic (exact) mass is 1300 g/mol. The molecule has 8 aromatic rings. The molecule has 0 atom stereocenters. The number of pyridine rings is 4. The molecule has 1 saturated heterocycles. The zero-order chi connectivity index (χ0) is 55.3. The highest BCUT2D eigenvalue weighted by atomic mass is 79.9. The Hall–Kier alpha value is -5.63. The van der Waals surface area contributed by atoms with Crippen LogP contribution in [-0.4, -0.2) is 77.1 Å². The second-order valence-electron chi connectivity index (χ2n) is 17.4. The van der Waals surface area contributed by atoms with Crippen molar-refractivity contribution in [2.45, 2.75) is 51.6 Å². The molecule has 4 aromatic heterocycles. The summed E-state index contributed by atoms with van der Waals surface area (Å²) in [5.74, 6) is -0.232. The minimum absolute atomic E-state index is 0.0582. The lowest BCUT2D eigenvalue weighted by Gasteiger charge is -2.20. The summed E-state index contributed by atoms with van der Waals surface area (Å²) in [4.78, 5) is 39.3. The third-order valence-corrected chi connectivity index (χ3v) is 13.7. The number of esters is 2. The van der Waals surface area contributed by atoms with Crippen molar-refractivity contribution >= 4 is 94.9 Å². The van der Waals surface area contributed by atoms with Crippen LogP contribution in [0, 0.1) is 0 Å². The summed E-state index contributed by atoms with van der Waals surface area (Å²) in [5, 5.41) is 18.5. The van der Waals surface area contributed by atoms with E-state index < -0.39 is 11.6 Å². The highest BCUT2D eigenvalue weighted by Crippen LogP contribution is 2.48. The summed E-state index contributed by atoms with van der Waals surface area (Å²) in [6.45, 7) is 10.1. The molecule has 1 radical (unpaired) electrons. The van der Waals surface area contributed by atoms with Crippen molar-refractivity contribution < 1.29 is 38.6 Å². The summed E-state index contributed by atoms with van der Waals surface area (Å²) in [5.41, 5.74) is 9.19. The maximum absolute atomic E-state index is 11.6. The van der Waals surface area contributed by atoms with Gasteiger partial charge in [0.1, 0.15) is 10.9 Å². The van der Waals surface area contributed by atoms with Crippen LogP contribution in [0.5, 0.6) is 5.75 Å². The summed E-state index contributed by atoms with van der Waals surface area (Å²) in [6, 6.07) is 43.7. The second-order valence-corrected chi connectivity index (χ2v) is 21.4. The maximum Gasteiger partial charge on any atom is 0.569 e. The summed E-state index contributed by atoms with van der Waals surface area (Å²) in [7, 11) is 3.32. The fourth-order valence-corrected chi connectivity index (χ4v) is 8.85. The Morgan fingerprint density at radius 2 is 1.07 bits per heavy atom. The molecule has 0 unspecified atom stereocenters. The van der Waals surface area contributed by atoms with Crippen molar-refractivity contribution in [2.75, 3.05) is 27.4 Å². The molecule has 2 N–H and O–H groups in total. The highest BCUT2D eigenvalue weighted by molar-refractivity contribution is 9.11. The predicted molar refractivity (Wildman–Crippen MR) is 314 cm³/mol. The van der Waals surface area contributed by atoms with Gasteiger partial charge in [-0.05, 0) is 135 Å². The van der Waals surface area contributed by atoms with Crippen LogP contribution in [-0.2, 0) is 25.2 Å². The van der Waals surface area contributed by atoms with Crippen molar-refractivity contribution in [3.8, 4) is 39.5 Å². The smallest absolute Gasteiger partial charge is 0.537 e. The molecule has 12 nitrogen and oxygen atoms in total. The van der Waals surface area contributed by atoms with E-state index in [1.165, 1.54) is 49.9 Å². The Morgan fingerprint density at radius 1 is 0.605 bits per heavy atom. The quantitative estimate of drug-likeness (QED) is 0.0883. The van der Waals surface area contributed by atoms with Crippen molar-refractivity contribution in [3.63, 3.8) is 0 Å². The van der Waals surface area contributed by atoms with Gasteiger partial charge in [0.2, 0.25) is 0 Å². The number of carbonyl (C=O) groups excluding carboxylic acids is 2. The molecule has 18 heteroatoms. The number of aliphatic hydroxyl groups is 1. The van der Waals surface area contributed by atoms with Gasteiger partial charge in [0.25, 0.3) is 0 Å². The minimum Gasteiger partial charge on any atom is -0.537 e. The molecule has 1 fully saturated rings. The van der Waals surface area contributed by atoms with E-state index in [1.807, 2.05) is 85.1 Å². The SMILES string of the molecule is C1CCOC1.CC(C)(O)c1cccnc1-c1ccc(Br)cc1.CC1(C)c2cc(Br)ccc2-c2ncccc21.COC(=O)c1cccnc1-c1ccc(Br)cc1.COC(=O)c1cccnc1Cl.O[B]Oc1ccc(Br)cc1. The molecular formula is C58H55BBr4ClN4O8. The molecule has 1 aliphatic heterocycles. The topological polar surface area (TPSA) is 163 Å². The third-order valence-electron chi connectivity index (χ3n) is 11.3. The standard InChI is InChI=1S/C14H14BrNO.C14H12BrN.C13H10BrNO2.C7H6ClNO2.C6H5BBrO2.C4H8O/c1-14(2,17)12-4-3-9-16-13(12)10-5-7-11(15)8-6-10;1-14(2)11-4-3-7-16-13(11)10-6-5-9(15)8-12(10)14;1-17-13(16)11-3-2-8-15-12(11)9-4-6-10(14)7-5-9;1-11-7(10)5-3-2-4-9-6(5)8;8-5-1-3-6(4-2-5)10-7-9;1-2-4-5-3-1/h3-9,17H,1-2H3;3-8H,1-2H3;2-8H,1H3;2-4H,1H3;1-4,9H;1-4H2. The molecule has 0 saturated carbocycles. The molecule has 2 aliphatic rings.